The Kier molecular flexibility index (Phi) is 9.33. The van der Waals surface area contributed by atoms with Crippen LogP contribution in [0, 0.1) is 11.8 Å². The SMILES string of the molecule is CC(C)C(NC(=O)CCC1CCNCC1)c1nnc2ccccn12.Cl.Cl. The summed E-state index contributed by atoms with van der Waals surface area (Å²) in [5, 5.41) is 15.1. The van der Waals surface area contributed by atoms with Crippen molar-refractivity contribution in [2.45, 2.75) is 45.6 Å². The number of carbonyl (C=O) groups excluding carboxylic acids is 1. The zero-order valence-corrected chi connectivity index (χ0v) is 17.0. The molecular weight excluding hydrogens is 373 g/mol. The highest BCUT2D eigenvalue weighted by atomic mass is 35.5. The molecule has 1 unspecified atom stereocenters. The molecule has 8 heteroatoms. The minimum atomic E-state index is -0.122. The fourth-order valence-electron chi connectivity index (χ4n) is 3.35. The van der Waals surface area contributed by atoms with Crippen LogP contribution in [0.5, 0.6) is 0 Å². The average Bonchev–Trinajstić information content (AvgIpc) is 3.02. The number of nitrogens with one attached hydrogen (secondary N) is 2. The van der Waals surface area contributed by atoms with Crippen molar-refractivity contribution in [3.05, 3.63) is 30.2 Å². The molecule has 0 radical (unpaired) electrons. The van der Waals surface area contributed by atoms with Crippen molar-refractivity contribution < 1.29 is 4.79 Å². The topological polar surface area (TPSA) is 71.3 Å². The monoisotopic (exact) mass is 401 g/mol. The van der Waals surface area contributed by atoms with Gasteiger partial charge in [-0.05, 0) is 56.3 Å². The standard InChI is InChI=1S/C18H27N5O.2ClH/c1-13(2)17(18-22-21-15-5-3-4-12-23(15)18)20-16(24)7-6-14-8-10-19-11-9-14;;/h3-5,12-14,17,19H,6-11H2,1-2H3,(H,20,24);2*1H. The van der Waals surface area contributed by atoms with E-state index in [0.29, 0.717) is 12.3 Å². The van der Waals surface area contributed by atoms with Gasteiger partial charge in [-0.1, -0.05) is 19.9 Å². The van der Waals surface area contributed by atoms with Crippen LogP contribution in [-0.2, 0) is 4.79 Å². The van der Waals surface area contributed by atoms with Gasteiger partial charge in [-0.25, -0.2) is 0 Å². The van der Waals surface area contributed by atoms with E-state index in [4.69, 9.17) is 0 Å². The Hall–Kier alpha value is -1.37. The summed E-state index contributed by atoms with van der Waals surface area (Å²) in [4.78, 5) is 12.4. The molecule has 0 spiro atoms. The molecule has 1 atom stereocenters. The zero-order valence-electron chi connectivity index (χ0n) is 15.4. The number of halogens is 2. The molecule has 0 aliphatic carbocycles. The highest BCUT2D eigenvalue weighted by Gasteiger charge is 2.24. The third-order valence-electron chi connectivity index (χ3n) is 4.84. The molecule has 1 aliphatic rings. The zero-order chi connectivity index (χ0) is 16.9. The van der Waals surface area contributed by atoms with Gasteiger partial charge in [-0.15, -0.1) is 35.0 Å². The summed E-state index contributed by atoms with van der Waals surface area (Å²) in [6, 6.07) is 5.70. The van der Waals surface area contributed by atoms with Crippen LogP contribution in [0.2, 0.25) is 0 Å². The highest BCUT2D eigenvalue weighted by Crippen LogP contribution is 2.22. The predicted molar refractivity (Wildman–Crippen MR) is 108 cm³/mol. The van der Waals surface area contributed by atoms with E-state index in [1.54, 1.807) is 0 Å². The molecule has 2 aromatic heterocycles. The number of fused-ring (bicyclic) bond motifs is 1. The molecule has 3 heterocycles. The third kappa shape index (κ3) is 5.56. The molecule has 1 aliphatic heterocycles. The van der Waals surface area contributed by atoms with Crippen molar-refractivity contribution in [3.63, 3.8) is 0 Å². The summed E-state index contributed by atoms with van der Waals surface area (Å²) in [5.41, 5.74) is 0.808. The van der Waals surface area contributed by atoms with Gasteiger partial charge in [0.1, 0.15) is 0 Å². The average molecular weight is 402 g/mol. The second-order valence-corrected chi connectivity index (χ2v) is 7.01. The number of carbonyl (C=O) groups is 1. The lowest BCUT2D eigenvalue weighted by atomic mass is 9.93. The number of amides is 1. The van der Waals surface area contributed by atoms with E-state index < -0.39 is 0 Å². The molecular formula is C18H29Cl2N5O. The summed E-state index contributed by atoms with van der Waals surface area (Å²) < 4.78 is 1.96. The maximum absolute atomic E-state index is 12.4. The van der Waals surface area contributed by atoms with E-state index in [0.717, 1.165) is 31.0 Å². The maximum Gasteiger partial charge on any atom is 0.220 e. The first-order valence-electron chi connectivity index (χ1n) is 8.95. The van der Waals surface area contributed by atoms with Gasteiger partial charge in [-0.2, -0.15) is 0 Å². The first-order valence-corrected chi connectivity index (χ1v) is 8.95. The van der Waals surface area contributed by atoms with Crippen molar-refractivity contribution in [2.75, 3.05) is 13.1 Å². The smallest absolute Gasteiger partial charge is 0.220 e. The molecule has 26 heavy (non-hydrogen) atoms. The largest absolute Gasteiger partial charge is 0.346 e. The van der Waals surface area contributed by atoms with Gasteiger partial charge >= 0.3 is 0 Å². The molecule has 1 amide bonds. The first kappa shape index (κ1) is 22.7. The second-order valence-electron chi connectivity index (χ2n) is 7.01. The van der Waals surface area contributed by atoms with Gasteiger partial charge in [0.25, 0.3) is 0 Å². The van der Waals surface area contributed by atoms with Crippen molar-refractivity contribution in [2.24, 2.45) is 11.8 Å². The van der Waals surface area contributed by atoms with Gasteiger partial charge < -0.3 is 10.6 Å². The molecule has 6 nitrogen and oxygen atoms in total. The van der Waals surface area contributed by atoms with Gasteiger partial charge in [0.15, 0.2) is 11.5 Å². The fraction of sp³-hybridized carbons (Fsp3) is 0.611. The number of pyridine rings is 1. The molecule has 0 saturated carbocycles. The molecule has 146 valence electrons. The lowest BCUT2D eigenvalue weighted by Gasteiger charge is -2.24. The summed E-state index contributed by atoms with van der Waals surface area (Å²) in [6.07, 6.45) is 5.86. The van der Waals surface area contributed by atoms with Crippen LogP contribution in [-0.4, -0.2) is 33.6 Å². The molecule has 2 aromatic rings. The number of hydrogen-bond donors (Lipinski definition) is 2. The van der Waals surface area contributed by atoms with E-state index >= 15 is 0 Å². The van der Waals surface area contributed by atoms with Crippen LogP contribution in [0.4, 0.5) is 0 Å². The van der Waals surface area contributed by atoms with Crippen LogP contribution in [0.25, 0.3) is 5.65 Å². The highest BCUT2D eigenvalue weighted by molar-refractivity contribution is 5.85. The Balaban J connectivity index is 0.00000169. The van der Waals surface area contributed by atoms with Gasteiger partial charge in [0.05, 0.1) is 6.04 Å². The number of hydrogen-bond acceptors (Lipinski definition) is 4. The lowest BCUT2D eigenvalue weighted by Crippen LogP contribution is -2.34. The van der Waals surface area contributed by atoms with Crippen LogP contribution in [0.1, 0.15) is 51.4 Å². The van der Waals surface area contributed by atoms with E-state index in [9.17, 15) is 4.79 Å². The van der Waals surface area contributed by atoms with Crippen LogP contribution in [0.15, 0.2) is 24.4 Å². The lowest BCUT2D eigenvalue weighted by molar-refractivity contribution is -0.122. The van der Waals surface area contributed by atoms with Gasteiger partial charge in [-0.3, -0.25) is 9.20 Å². The summed E-state index contributed by atoms with van der Waals surface area (Å²) in [5.74, 6) is 1.83. The number of aromatic nitrogens is 3. The molecule has 1 saturated heterocycles. The Labute approximate surface area is 167 Å². The molecule has 2 N–H and O–H groups in total. The minimum absolute atomic E-state index is 0. The maximum atomic E-state index is 12.4. The van der Waals surface area contributed by atoms with Crippen molar-refractivity contribution in [1.82, 2.24) is 25.2 Å². The number of nitrogens with zero attached hydrogens (tertiary/aromatic N) is 3. The molecule has 1 fully saturated rings. The molecule has 3 rings (SSSR count). The van der Waals surface area contributed by atoms with E-state index in [-0.39, 0.29) is 42.7 Å². The number of piperidine rings is 1. The Bertz CT molecular complexity index is 685. The summed E-state index contributed by atoms with van der Waals surface area (Å²) in [6.45, 7) is 6.35. The van der Waals surface area contributed by atoms with Crippen LogP contribution < -0.4 is 10.6 Å². The fourth-order valence-corrected chi connectivity index (χ4v) is 3.35. The van der Waals surface area contributed by atoms with Crippen LogP contribution >= 0.6 is 24.8 Å². The van der Waals surface area contributed by atoms with E-state index in [1.807, 2.05) is 28.8 Å². The second kappa shape index (κ2) is 10.7. The normalized spacial score (nSPS) is 16.0. The first-order chi connectivity index (χ1) is 11.6. The molecule has 0 bridgehead atoms. The third-order valence-corrected chi connectivity index (χ3v) is 4.84. The van der Waals surface area contributed by atoms with E-state index in [2.05, 4.69) is 34.7 Å². The molecule has 0 aromatic carbocycles. The van der Waals surface area contributed by atoms with Gasteiger partial charge in [0.2, 0.25) is 5.91 Å². The van der Waals surface area contributed by atoms with Crippen LogP contribution in [0.3, 0.4) is 0 Å². The van der Waals surface area contributed by atoms with Crippen molar-refractivity contribution >= 4 is 36.4 Å². The Morgan fingerprint density at radius 3 is 2.69 bits per heavy atom. The quantitative estimate of drug-likeness (QED) is 0.779. The summed E-state index contributed by atoms with van der Waals surface area (Å²) in [7, 11) is 0. The minimum Gasteiger partial charge on any atom is -0.346 e. The Morgan fingerprint density at radius 1 is 1.27 bits per heavy atom. The van der Waals surface area contributed by atoms with E-state index in [1.165, 1.54) is 12.8 Å². The van der Waals surface area contributed by atoms with Gasteiger partial charge in [0, 0.05) is 12.6 Å². The Morgan fingerprint density at radius 2 is 2.00 bits per heavy atom. The predicted octanol–water partition coefficient (Wildman–Crippen LogP) is 3.17. The summed E-state index contributed by atoms with van der Waals surface area (Å²) >= 11 is 0. The number of rotatable bonds is 6. The van der Waals surface area contributed by atoms with Crippen molar-refractivity contribution in [3.8, 4) is 0 Å². The van der Waals surface area contributed by atoms with Crippen molar-refractivity contribution in [1.29, 1.82) is 0 Å².